The molecule has 2 saturated carbocycles. The van der Waals surface area contributed by atoms with Crippen molar-refractivity contribution in [3.05, 3.63) is 30.3 Å². The Morgan fingerprint density at radius 2 is 1.92 bits per heavy atom. The number of hydrazine groups is 1. The molecule has 128 valence electrons. The molecule has 2 aliphatic rings. The van der Waals surface area contributed by atoms with Crippen LogP contribution in [0.4, 0.5) is 0 Å². The van der Waals surface area contributed by atoms with Gasteiger partial charge in [-0.2, -0.15) is 0 Å². The molecule has 2 amide bonds. The van der Waals surface area contributed by atoms with Crippen molar-refractivity contribution in [1.82, 2.24) is 10.9 Å². The number of para-hydroxylation sites is 1. The average molecular weight is 330 g/mol. The number of hydrogen-bond donors (Lipinski definition) is 2. The van der Waals surface area contributed by atoms with Gasteiger partial charge >= 0.3 is 0 Å². The number of ether oxygens (including phenoxy) is 1. The van der Waals surface area contributed by atoms with Crippen LogP contribution in [0.2, 0.25) is 0 Å². The Bertz CT molecular complexity index is 671. The lowest BCUT2D eigenvalue weighted by Gasteiger charge is -2.32. The minimum absolute atomic E-state index is 0.0152. The third kappa shape index (κ3) is 2.66. The Kier molecular flexibility index (Phi) is 4.07. The molecule has 2 N–H and O–H groups in total. The van der Waals surface area contributed by atoms with E-state index in [0.717, 1.165) is 6.42 Å². The van der Waals surface area contributed by atoms with Gasteiger partial charge in [0.25, 0.3) is 11.8 Å². The standard InChI is InChI=1S/C18H22N2O4/c1-17(2)12-8-9-18(10-12,15(17)22)16(23)20-19-14(21)11-24-13-6-4-3-5-7-13/h3-7,12H,8-11H2,1-2H3,(H,19,21)(H,20,23). The van der Waals surface area contributed by atoms with Crippen LogP contribution in [0.1, 0.15) is 33.1 Å². The zero-order valence-electron chi connectivity index (χ0n) is 13.9. The Labute approximate surface area is 140 Å². The fourth-order valence-corrected chi connectivity index (χ4v) is 3.93. The van der Waals surface area contributed by atoms with E-state index in [4.69, 9.17) is 4.74 Å². The van der Waals surface area contributed by atoms with E-state index in [1.165, 1.54) is 0 Å². The van der Waals surface area contributed by atoms with Crippen molar-refractivity contribution < 1.29 is 19.1 Å². The van der Waals surface area contributed by atoms with Crippen LogP contribution in [0.25, 0.3) is 0 Å². The van der Waals surface area contributed by atoms with Crippen LogP contribution >= 0.6 is 0 Å². The summed E-state index contributed by atoms with van der Waals surface area (Å²) in [5, 5.41) is 0. The maximum atomic E-state index is 12.6. The van der Waals surface area contributed by atoms with E-state index in [2.05, 4.69) is 10.9 Å². The second-order valence-electron chi connectivity index (χ2n) is 7.18. The number of carbonyl (C=O) groups excluding carboxylic acids is 3. The molecule has 1 aromatic carbocycles. The van der Waals surface area contributed by atoms with Gasteiger partial charge in [0, 0.05) is 5.41 Å². The summed E-state index contributed by atoms with van der Waals surface area (Å²) in [6.45, 7) is 3.60. The van der Waals surface area contributed by atoms with Crippen molar-refractivity contribution in [2.45, 2.75) is 33.1 Å². The van der Waals surface area contributed by atoms with Gasteiger partial charge < -0.3 is 4.74 Å². The molecule has 1 aromatic rings. The molecule has 2 fully saturated rings. The van der Waals surface area contributed by atoms with Gasteiger partial charge in [-0.15, -0.1) is 0 Å². The number of fused-ring (bicyclic) bond motifs is 2. The lowest BCUT2D eigenvalue weighted by Crippen LogP contribution is -2.53. The zero-order valence-corrected chi connectivity index (χ0v) is 13.9. The van der Waals surface area contributed by atoms with Gasteiger partial charge in [-0.1, -0.05) is 32.0 Å². The summed E-state index contributed by atoms with van der Waals surface area (Å²) in [5.41, 5.74) is 3.30. The maximum absolute atomic E-state index is 12.6. The molecule has 2 aliphatic carbocycles. The van der Waals surface area contributed by atoms with Gasteiger partial charge in [-0.25, -0.2) is 0 Å². The number of hydrogen-bond acceptors (Lipinski definition) is 4. The molecule has 3 rings (SSSR count). The van der Waals surface area contributed by atoms with E-state index in [1.807, 2.05) is 19.9 Å². The molecular formula is C18H22N2O4. The number of Topliss-reactive ketones (excluding diaryl/α,β-unsaturated/α-hetero) is 1. The summed E-state index contributed by atoms with van der Waals surface area (Å²) < 4.78 is 5.31. The van der Waals surface area contributed by atoms with Crippen LogP contribution in [0.15, 0.2) is 30.3 Å². The largest absolute Gasteiger partial charge is 0.484 e. The fraction of sp³-hybridized carbons (Fsp3) is 0.500. The first kappa shape index (κ1) is 16.5. The molecular weight excluding hydrogens is 308 g/mol. The van der Waals surface area contributed by atoms with Crippen molar-refractivity contribution in [2.75, 3.05) is 6.61 Å². The van der Waals surface area contributed by atoms with Crippen molar-refractivity contribution in [2.24, 2.45) is 16.7 Å². The van der Waals surface area contributed by atoms with E-state index in [1.54, 1.807) is 24.3 Å². The molecule has 2 bridgehead atoms. The topological polar surface area (TPSA) is 84.5 Å². The second kappa shape index (κ2) is 5.92. The van der Waals surface area contributed by atoms with Gasteiger partial charge in [0.05, 0.1) is 0 Å². The Hall–Kier alpha value is -2.37. The number of nitrogens with one attached hydrogen (secondary N) is 2. The SMILES string of the molecule is CC1(C)C(=O)C2(C(=O)NNC(=O)COc3ccccc3)CCC1C2. The minimum Gasteiger partial charge on any atom is -0.484 e. The predicted octanol–water partition coefficient (Wildman–Crippen LogP) is 1.61. The van der Waals surface area contributed by atoms with Gasteiger partial charge in [-0.05, 0) is 37.3 Å². The molecule has 24 heavy (non-hydrogen) atoms. The summed E-state index contributed by atoms with van der Waals surface area (Å²) in [6, 6.07) is 8.93. The first-order valence-electron chi connectivity index (χ1n) is 8.18. The van der Waals surface area contributed by atoms with Gasteiger partial charge in [0.2, 0.25) is 0 Å². The Balaban J connectivity index is 1.53. The average Bonchev–Trinajstić information content (AvgIpc) is 3.11. The highest BCUT2D eigenvalue weighted by Gasteiger charge is 2.65. The lowest BCUT2D eigenvalue weighted by molar-refractivity contribution is -0.146. The number of ketones is 1. The smallest absolute Gasteiger partial charge is 0.276 e. The van der Waals surface area contributed by atoms with Crippen LogP contribution in [0.5, 0.6) is 5.75 Å². The highest BCUT2D eigenvalue weighted by Crippen LogP contribution is 2.60. The number of carbonyl (C=O) groups is 3. The normalized spacial score (nSPS) is 26.9. The number of rotatable bonds is 4. The number of amides is 2. The van der Waals surface area contributed by atoms with Gasteiger partial charge in [0.1, 0.15) is 11.2 Å². The van der Waals surface area contributed by atoms with Crippen molar-refractivity contribution in [1.29, 1.82) is 0 Å². The van der Waals surface area contributed by atoms with Crippen LogP contribution in [0, 0.1) is 16.7 Å². The molecule has 0 saturated heterocycles. The molecule has 2 atom stereocenters. The highest BCUT2D eigenvalue weighted by atomic mass is 16.5. The summed E-state index contributed by atoms with van der Waals surface area (Å²) in [4.78, 5) is 36.9. The van der Waals surface area contributed by atoms with Crippen LogP contribution in [-0.4, -0.2) is 24.2 Å². The molecule has 0 aliphatic heterocycles. The van der Waals surface area contributed by atoms with Gasteiger partial charge in [0.15, 0.2) is 12.4 Å². The first-order valence-corrected chi connectivity index (χ1v) is 8.18. The first-order chi connectivity index (χ1) is 11.4. The summed E-state index contributed by atoms with van der Waals surface area (Å²) in [7, 11) is 0. The predicted molar refractivity (Wildman–Crippen MR) is 86.8 cm³/mol. The molecule has 6 nitrogen and oxygen atoms in total. The quantitative estimate of drug-likeness (QED) is 0.649. The Morgan fingerprint density at radius 1 is 1.21 bits per heavy atom. The number of benzene rings is 1. The van der Waals surface area contributed by atoms with E-state index in [-0.39, 0.29) is 18.3 Å². The summed E-state index contributed by atoms with van der Waals surface area (Å²) >= 11 is 0. The zero-order chi connectivity index (χ0) is 17.4. The minimum atomic E-state index is -0.984. The maximum Gasteiger partial charge on any atom is 0.276 e. The van der Waals surface area contributed by atoms with Crippen LogP contribution in [-0.2, 0) is 14.4 Å². The van der Waals surface area contributed by atoms with Gasteiger partial charge in [-0.3, -0.25) is 25.2 Å². The molecule has 2 unspecified atom stereocenters. The lowest BCUT2D eigenvalue weighted by atomic mass is 9.70. The second-order valence-corrected chi connectivity index (χ2v) is 7.18. The molecule has 0 radical (unpaired) electrons. The monoisotopic (exact) mass is 330 g/mol. The molecule has 0 aromatic heterocycles. The third-order valence-corrected chi connectivity index (χ3v) is 5.42. The van der Waals surface area contributed by atoms with Crippen molar-refractivity contribution in [3.63, 3.8) is 0 Å². The fourth-order valence-electron chi connectivity index (χ4n) is 3.93. The molecule has 6 heteroatoms. The van der Waals surface area contributed by atoms with Crippen molar-refractivity contribution in [3.8, 4) is 5.75 Å². The van der Waals surface area contributed by atoms with Crippen LogP contribution < -0.4 is 15.6 Å². The van der Waals surface area contributed by atoms with E-state index < -0.39 is 22.6 Å². The highest BCUT2D eigenvalue weighted by molar-refractivity contribution is 6.11. The molecule has 0 heterocycles. The van der Waals surface area contributed by atoms with E-state index in [9.17, 15) is 14.4 Å². The summed E-state index contributed by atoms with van der Waals surface area (Å²) in [5.74, 6) is -0.0770. The van der Waals surface area contributed by atoms with Crippen molar-refractivity contribution >= 4 is 17.6 Å². The van der Waals surface area contributed by atoms with E-state index >= 15 is 0 Å². The third-order valence-electron chi connectivity index (χ3n) is 5.42. The summed E-state index contributed by atoms with van der Waals surface area (Å²) in [6.07, 6.45) is 2.00. The van der Waals surface area contributed by atoms with Crippen LogP contribution in [0.3, 0.4) is 0 Å². The molecule has 0 spiro atoms. The Morgan fingerprint density at radius 3 is 2.54 bits per heavy atom. The van der Waals surface area contributed by atoms with E-state index in [0.29, 0.717) is 18.6 Å².